The summed E-state index contributed by atoms with van der Waals surface area (Å²) in [4.78, 5) is 36.5. The smallest absolute Gasteiger partial charge is 0.325 e. The second-order valence-electron chi connectivity index (χ2n) is 10.4. The second kappa shape index (κ2) is 9.82. The van der Waals surface area contributed by atoms with Crippen molar-refractivity contribution in [3.8, 4) is 11.6 Å². The lowest BCUT2D eigenvalue weighted by atomic mass is 10.0. The summed E-state index contributed by atoms with van der Waals surface area (Å²) >= 11 is 0. The number of rotatable bonds is 9. The Morgan fingerprint density at radius 3 is 2.51 bits per heavy atom. The van der Waals surface area contributed by atoms with Gasteiger partial charge in [0.05, 0.1) is 0 Å². The lowest BCUT2D eigenvalue weighted by Gasteiger charge is -2.16. The molecule has 5 rings (SSSR count). The molecule has 0 aliphatic carbocycles. The molecule has 1 saturated heterocycles. The van der Waals surface area contributed by atoms with Crippen molar-refractivity contribution in [3.63, 3.8) is 0 Å². The van der Waals surface area contributed by atoms with E-state index in [0.29, 0.717) is 31.1 Å². The Hall–Kier alpha value is -3.98. The van der Waals surface area contributed by atoms with Gasteiger partial charge in [0.1, 0.15) is 11.2 Å². The van der Waals surface area contributed by atoms with Crippen LogP contribution in [0.4, 0.5) is 4.79 Å². The molecule has 192 valence electrons. The van der Waals surface area contributed by atoms with Gasteiger partial charge in [-0.3, -0.25) is 9.69 Å². The quantitative estimate of drug-likeness (QED) is 0.339. The molecule has 1 aliphatic heterocycles. The van der Waals surface area contributed by atoms with Gasteiger partial charge in [0.25, 0.3) is 11.8 Å². The summed E-state index contributed by atoms with van der Waals surface area (Å²) in [6, 6.07) is 15.9. The van der Waals surface area contributed by atoms with E-state index in [-0.39, 0.29) is 11.9 Å². The number of aromatic nitrogens is 3. The molecular formula is C28H32N6O3. The summed E-state index contributed by atoms with van der Waals surface area (Å²) in [5.41, 5.74) is 4.22. The number of H-pyrrole nitrogens is 1. The second-order valence-corrected chi connectivity index (χ2v) is 10.4. The summed E-state index contributed by atoms with van der Waals surface area (Å²) < 4.78 is 5.69. The molecule has 37 heavy (non-hydrogen) atoms. The highest BCUT2D eigenvalue weighted by Gasteiger charge is 2.43. The van der Waals surface area contributed by atoms with E-state index >= 15 is 0 Å². The van der Waals surface area contributed by atoms with Crippen LogP contribution in [0.1, 0.15) is 36.4 Å². The highest BCUT2D eigenvalue weighted by Crippen LogP contribution is 2.31. The van der Waals surface area contributed by atoms with E-state index in [1.165, 1.54) is 4.90 Å². The summed E-state index contributed by atoms with van der Waals surface area (Å²) in [6.45, 7) is 4.63. The number of benzene rings is 2. The molecule has 4 aromatic rings. The number of carbonyl (C=O) groups excluding carboxylic acids is 2. The van der Waals surface area contributed by atoms with Crippen LogP contribution in [0.15, 0.2) is 53.1 Å². The van der Waals surface area contributed by atoms with Crippen molar-refractivity contribution < 1.29 is 14.1 Å². The van der Waals surface area contributed by atoms with Crippen LogP contribution in [0.5, 0.6) is 0 Å². The van der Waals surface area contributed by atoms with Crippen molar-refractivity contribution in [1.82, 2.24) is 30.2 Å². The number of likely N-dealkylation sites (N-methyl/N-ethyl adjacent to an activating group) is 1. The molecule has 9 heteroatoms. The fourth-order valence-corrected chi connectivity index (χ4v) is 4.70. The number of fused-ring (bicyclic) bond motifs is 1. The van der Waals surface area contributed by atoms with Crippen molar-refractivity contribution in [3.05, 3.63) is 71.0 Å². The molecule has 3 amide bonds. The first-order valence-corrected chi connectivity index (χ1v) is 12.5. The maximum atomic E-state index is 12.6. The van der Waals surface area contributed by atoms with Crippen LogP contribution in [0.3, 0.4) is 0 Å². The van der Waals surface area contributed by atoms with Crippen molar-refractivity contribution in [2.75, 3.05) is 27.2 Å². The van der Waals surface area contributed by atoms with E-state index in [1.54, 1.807) is 13.8 Å². The molecule has 2 aromatic carbocycles. The average Bonchev–Trinajstić information content (AvgIpc) is 3.51. The van der Waals surface area contributed by atoms with Crippen LogP contribution in [-0.4, -0.2) is 69.6 Å². The third-order valence-corrected chi connectivity index (χ3v) is 6.74. The third kappa shape index (κ3) is 5.13. The zero-order valence-electron chi connectivity index (χ0n) is 21.7. The van der Waals surface area contributed by atoms with E-state index in [4.69, 9.17) is 4.52 Å². The molecule has 0 bridgehead atoms. The number of hydrogen-bond acceptors (Lipinski definition) is 6. The molecule has 0 saturated carbocycles. The minimum atomic E-state index is -0.862. The number of imide groups is 1. The van der Waals surface area contributed by atoms with Crippen LogP contribution in [-0.2, 0) is 24.1 Å². The molecule has 0 radical (unpaired) electrons. The minimum Gasteiger partial charge on any atom is -0.350 e. The Morgan fingerprint density at radius 1 is 1.03 bits per heavy atom. The number of carbonyl (C=O) groups is 2. The Kier molecular flexibility index (Phi) is 6.55. The zero-order chi connectivity index (χ0) is 26.2. The SMILES string of the molecule is CN(C)CCc1c(-c2nc(Cc3ccccc3)no2)[nH]c2ccc(CCN3C(=O)NC(C)(C)C3=O)cc12. The van der Waals surface area contributed by atoms with Gasteiger partial charge in [-0.05, 0) is 69.6 Å². The van der Waals surface area contributed by atoms with Crippen LogP contribution < -0.4 is 5.32 Å². The van der Waals surface area contributed by atoms with Gasteiger partial charge in [-0.15, -0.1) is 0 Å². The number of nitrogens with zero attached hydrogens (tertiary/aromatic N) is 4. The number of nitrogens with one attached hydrogen (secondary N) is 2. The predicted molar refractivity (Wildman–Crippen MR) is 141 cm³/mol. The third-order valence-electron chi connectivity index (χ3n) is 6.74. The van der Waals surface area contributed by atoms with Gasteiger partial charge < -0.3 is 19.7 Å². The van der Waals surface area contributed by atoms with Crippen molar-refractivity contribution in [1.29, 1.82) is 0 Å². The van der Waals surface area contributed by atoms with Gasteiger partial charge in [-0.1, -0.05) is 41.6 Å². The van der Waals surface area contributed by atoms with Gasteiger partial charge in [0.15, 0.2) is 5.82 Å². The van der Waals surface area contributed by atoms with Crippen LogP contribution in [0, 0.1) is 0 Å². The first-order valence-electron chi connectivity index (χ1n) is 12.5. The van der Waals surface area contributed by atoms with E-state index in [9.17, 15) is 9.59 Å². The number of urea groups is 1. The van der Waals surface area contributed by atoms with Crippen LogP contribution >= 0.6 is 0 Å². The topological polar surface area (TPSA) is 107 Å². The minimum absolute atomic E-state index is 0.197. The van der Waals surface area contributed by atoms with E-state index in [2.05, 4.69) is 31.4 Å². The first-order chi connectivity index (χ1) is 17.7. The van der Waals surface area contributed by atoms with E-state index in [1.807, 2.05) is 56.6 Å². The van der Waals surface area contributed by atoms with E-state index < -0.39 is 5.54 Å². The zero-order valence-corrected chi connectivity index (χ0v) is 21.7. The Bertz CT molecular complexity index is 1440. The number of amides is 3. The molecule has 0 unspecified atom stereocenters. The van der Waals surface area contributed by atoms with Gasteiger partial charge in [0, 0.05) is 30.4 Å². The normalized spacial score (nSPS) is 15.2. The van der Waals surface area contributed by atoms with Crippen molar-refractivity contribution in [2.45, 2.75) is 38.6 Å². The molecule has 1 aliphatic rings. The van der Waals surface area contributed by atoms with Crippen LogP contribution in [0.25, 0.3) is 22.5 Å². The maximum Gasteiger partial charge on any atom is 0.325 e. The Labute approximate surface area is 215 Å². The van der Waals surface area contributed by atoms with Crippen molar-refractivity contribution in [2.24, 2.45) is 0 Å². The van der Waals surface area contributed by atoms with E-state index in [0.717, 1.165) is 46.3 Å². The molecular weight excluding hydrogens is 468 g/mol. The Morgan fingerprint density at radius 2 is 1.81 bits per heavy atom. The molecule has 0 spiro atoms. The highest BCUT2D eigenvalue weighted by molar-refractivity contribution is 6.06. The molecule has 2 N–H and O–H groups in total. The lowest BCUT2D eigenvalue weighted by Crippen LogP contribution is -2.40. The Balaban J connectivity index is 1.42. The lowest BCUT2D eigenvalue weighted by molar-refractivity contribution is -0.130. The molecule has 2 aromatic heterocycles. The fraction of sp³-hybridized carbons (Fsp3) is 0.357. The monoisotopic (exact) mass is 500 g/mol. The van der Waals surface area contributed by atoms with Gasteiger partial charge in [-0.25, -0.2) is 4.79 Å². The molecule has 1 fully saturated rings. The molecule has 0 atom stereocenters. The summed E-state index contributed by atoms with van der Waals surface area (Å²) in [6.07, 6.45) is 1.96. The van der Waals surface area contributed by atoms with Crippen molar-refractivity contribution >= 4 is 22.8 Å². The average molecular weight is 501 g/mol. The summed E-state index contributed by atoms with van der Waals surface area (Å²) in [7, 11) is 4.09. The first kappa shape index (κ1) is 24.7. The predicted octanol–water partition coefficient (Wildman–Crippen LogP) is 3.79. The summed E-state index contributed by atoms with van der Waals surface area (Å²) in [5.74, 6) is 0.909. The number of hydrogen-bond donors (Lipinski definition) is 2. The van der Waals surface area contributed by atoms with Gasteiger partial charge >= 0.3 is 6.03 Å². The molecule has 3 heterocycles. The largest absolute Gasteiger partial charge is 0.350 e. The number of aromatic amines is 1. The highest BCUT2D eigenvalue weighted by atomic mass is 16.5. The van der Waals surface area contributed by atoms with Gasteiger partial charge in [-0.2, -0.15) is 4.98 Å². The van der Waals surface area contributed by atoms with Crippen LogP contribution in [0.2, 0.25) is 0 Å². The van der Waals surface area contributed by atoms with Gasteiger partial charge in [0.2, 0.25) is 0 Å². The fourth-order valence-electron chi connectivity index (χ4n) is 4.70. The standard InChI is InChI=1S/C28H32N6O3/c1-28(2)26(35)34(27(36)31-28)15-12-19-10-11-22-21(16-19)20(13-14-33(3)4)24(29-22)25-30-23(32-37-25)17-18-8-6-5-7-9-18/h5-11,16,29H,12-15,17H2,1-4H3,(H,31,36). The maximum absolute atomic E-state index is 12.6. The summed E-state index contributed by atoms with van der Waals surface area (Å²) in [5, 5.41) is 8.04. The molecule has 9 nitrogen and oxygen atoms in total.